The first kappa shape index (κ1) is 13.5. The second-order valence-electron chi connectivity index (χ2n) is 4.28. The lowest BCUT2D eigenvalue weighted by atomic mass is 10.1. The Kier molecular flexibility index (Phi) is 4.40. The Labute approximate surface area is 118 Å². The summed E-state index contributed by atoms with van der Waals surface area (Å²) in [4.78, 5) is 26.5. The van der Waals surface area contributed by atoms with Crippen molar-refractivity contribution in [2.75, 3.05) is 6.54 Å². The number of carbonyl (C=O) groups is 2. The van der Waals surface area contributed by atoms with E-state index in [4.69, 9.17) is 0 Å². The van der Waals surface area contributed by atoms with Gasteiger partial charge in [-0.1, -0.05) is 13.3 Å². The standard InChI is InChI=1S/C12H15BrN2O2S/c1-2-3-10-12(17)14-5-11(16)15(10)6-9-4-8(13)7-18-9/h4,7,10H,2-3,5-6H2,1H3,(H,14,17). The SMILES string of the molecule is CCCC1C(=O)NCC(=O)N1Cc1cc(Br)cs1. The van der Waals surface area contributed by atoms with Crippen LogP contribution in [0.5, 0.6) is 0 Å². The summed E-state index contributed by atoms with van der Waals surface area (Å²) in [5.74, 6) is -0.0374. The summed E-state index contributed by atoms with van der Waals surface area (Å²) in [7, 11) is 0. The van der Waals surface area contributed by atoms with Gasteiger partial charge in [-0.3, -0.25) is 9.59 Å². The van der Waals surface area contributed by atoms with Gasteiger partial charge in [-0.25, -0.2) is 0 Å². The Morgan fingerprint density at radius 1 is 1.56 bits per heavy atom. The Hall–Kier alpha value is -0.880. The van der Waals surface area contributed by atoms with Crippen LogP contribution in [0.4, 0.5) is 0 Å². The maximum absolute atomic E-state index is 11.9. The third-order valence-corrected chi connectivity index (χ3v) is 4.61. The van der Waals surface area contributed by atoms with Gasteiger partial charge >= 0.3 is 0 Å². The predicted molar refractivity (Wildman–Crippen MR) is 74.3 cm³/mol. The van der Waals surface area contributed by atoms with Crippen LogP contribution in [0.1, 0.15) is 24.6 Å². The van der Waals surface area contributed by atoms with Gasteiger partial charge in [0.05, 0.1) is 13.1 Å². The molecule has 18 heavy (non-hydrogen) atoms. The van der Waals surface area contributed by atoms with Crippen molar-refractivity contribution in [3.05, 3.63) is 20.8 Å². The minimum absolute atomic E-state index is 0.00225. The van der Waals surface area contributed by atoms with Crippen LogP contribution < -0.4 is 5.32 Å². The number of thiophene rings is 1. The second-order valence-corrected chi connectivity index (χ2v) is 6.19. The maximum Gasteiger partial charge on any atom is 0.243 e. The first-order valence-electron chi connectivity index (χ1n) is 5.92. The number of nitrogens with one attached hydrogen (secondary N) is 1. The molecule has 0 bridgehead atoms. The van der Waals surface area contributed by atoms with Crippen molar-refractivity contribution in [1.29, 1.82) is 0 Å². The lowest BCUT2D eigenvalue weighted by Gasteiger charge is -2.34. The quantitative estimate of drug-likeness (QED) is 0.919. The summed E-state index contributed by atoms with van der Waals surface area (Å²) in [6, 6.07) is 1.67. The average molecular weight is 331 g/mol. The molecule has 2 rings (SSSR count). The highest BCUT2D eigenvalue weighted by molar-refractivity contribution is 9.10. The molecule has 1 fully saturated rings. The van der Waals surface area contributed by atoms with E-state index in [0.717, 1.165) is 15.8 Å². The minimum Gasteiger partial charge on any atom is -0.345 e. The fourth-order valence-corrected chi connectivity index (χ4v) is 3.51. The maximum atomic E-state index is 11.9. The van der Waals surface area contributed by atoms with E-state index in [0.29, 0.717) is 13.0 Å². The molecule has 1 aliphatic heterocycles. The molecule has 1 atom stereocenters. The minimum atomic E-state index is -0.322. The molecule has 0 radical (unpaired) electrons. The summed E-state index contributed by atoms with van der Waals surface area (Å²) in [5, 5.41) is 4.64. The van der Waals surface area contributed by atoms with E-state index in [1.54, 1.807) is 16.2 Å². The van der Waals surface area contributed by atoms with Crippen LogP contribution in [-0.2, 0) is 16.1 Å². The van der Waals surface area contributed by atoms with Crippen LogP contribution in [0.15, 0.2) is 15.9 Å². The fraction of sp³-hybridized carbons (Fsp3) is 0.500. The van der Waals surface area contributed by atoms with Crippen molar-refractivity contribution in [1.82, 2.24) is 10.2 Å². The van der Waals surface area contributed by atoms with E-state index < -0.39 is 0 Å². The van der Waals surface area contributed by atoms with Crippen molar-refractivity contribution >= 4 is 39.1 Å². The summed E-state index contributed by atoms with van der Waals surface area (Å²) < 4.78 is 1.02. The molecular weight excluding hydrogens is 316 g/mol. The van der Waals surface area contributed by atoms with Crippen molar-refractivity contribution in [2.45, 2.75) is 32.4 Å². The van der Waals surface area contributed by atoms with Gasteiger partial charge < -0.3 is 10.2 Å². The average Bonchev–Trinajstić information content (AvgIpc) is 2.74. The van der Waals surface area contributed by atoms with E-state index in [1.165, 1.54) is 0 Å². The van der Waals surface area contributed by atoms with Crippen molar-refractivity contribution in [3.63, 3.8) is 0 Å². The molecule has 2 amide bonds. The molecule has 1 saturated heterocycles. The molecule has 2 heterocycles. The predicted octanol–water partition coefficient (Wildman–Crippen LogP) is 2.14. The molecule has 6 heteroatoms. The van der Waals surface area contributed by atoms with Gasteiger partial charge in [-0.05, 0) is 28.4 Å². The Bertz CT molecular complexity index is 461. The highest BCUT2D eigenvalue weighted by Gasteiger charge is 2.33. The van der Waals surface area contributed by atoms with E-state index in [9.17, 15) is 9.59 Å². The van der Waals surface area contributed by atoms with Crippen LogP contribution in [0, 0.1) is 0 Å². The van der Waals surface area contributed by atoms with Gasteiger partial charge in [0.15, 0.2) is 0 Å². The fourth-order valence-electron chi connectivity index (χ4n) is 2.06. The molecule has 1 aliphatic rings. The Morgan fingerprint density at radius 3 is 2.94 bits per heavy atom. The van der Waals surface area contributed by atoms with Gasteiger partial charge in [-0.2, -0.15) is 0 Å². The molecule has 0 saturated carbocycles. The number of nitrogens with zero attached hydrogens (tertiary/aromatic N) is 1. The highest BCUT2D eigenvalue weighted by Crippen LogP contribution is 2.23. The van der Waals surface area contributed by atoms with Gasteiger partial charge in [0.25, 0.3) is 0 Å². The number of piperazine rings is 1. The van der Waals surface area contributed by atoms with Gasteiger partial charge in [0, 0.05) is 14.7 Å². The molecule has 1 aromatic rings. The Balaban J connectivity index is 2.15. The van der Waals surface area contributed by atoms with Crippen LogP contribution in [0.2, 0.25) is 0 Å². The van der Waals surface area contributed by atoms with Gasteiger partial charge in [0.1, 0.15) is 6.04 Å². The largest absolute Gasteiger partial charge is 0.345 e. The van der Waals surface area contributed by atoms with Crippen molar-refractivity contribution in [3.8, 4) is 0 Å². The molecule has 98 valence electrons. The summed E-state index contributed by atoms with van der Waals surface area (Å²) in [5.41, 5.74) is 0. The number of rotatable bonds is 4. The lowest BCUT2D eigenvalue weighted by molar-refractivity contribution is -0.146. The Morgan fingerprint density at radius 2 is 2.33 bits per heavy atom. The van der Waals surface area contributed by atoms with Crippen LogP contribution in [-0.4, -0.2) is 29.3 Å². The molecule has 1 unspecified atom stereocenters. The van der Waals surface area contributed by atoms with Crippen LogP contribution >= 0.6 is 27.3 Å². The van der Waals surface area contributed by atoms with Crippen molar-refractivity contribution < 1.29 is 9.59 Å². The van der Waals surface area contributed by atoms with E-state index in [2.05, 4.69) is 21.2 Å². The van der Waals surface area contributed by atoms with E-state index >= 15 is 0 Å². The highest BCUT2D eigenvalue weighted by atomic mass is 79.9. The first-order chi connectivity index (χ1) is 8.61. The molecule has 1 N–H and O–H groups in total. The topological polar surface area (TPSA) is 49.4 Å². The zero-order valence-electron chi connectivity index (χ0n) is 10.1. The monoisotopic (exact) mass is 330 g/mol. The number of hydrogen-bond donors (Lipinski definition) is 1. The third-order valence-electron chi connectivity index (χ3n) is 2.92. The number of hydrogen-bond acceptors (Lipinski definition) is 3. The summed E-state index contributed by atoms with van der Waals surface area (Å²) in [6.45, 7) is 2.66. The zero-order chi connectivity index (χ0) is 13.1. The molecule has 0 aliphatic carbocycles. The van der Waals surface area contributed by atoms with Gasteiger partial charge in [-0.15, -0.1) is 11.3 Å². The van der Waals surface area contributed by atoms with Crippen molar-refractivity contribution in [2.24, 2.45) is 0 Å². The molecular formula is C12H15BrN2O2S. The van der Waals surface area contributed by atoms with Crippen LogP contribution in [0.3, 0.4) is 0 Å². The smallest absolute Gasteiger partial charge is 0.243 e. The van der Waals surface area contributed by atoms with Crippen LogP contribution in [0.25, 0.3) is 0 Å². The first-order valence-corrected chi connectivity index (χ1v) is 7.59. The second kappa shape index (κ2) is 5.84. The lowest BCUT2D eigenvalue weighted by Crippen LogP contribution is -2.57. The number of carbonyl (C=O) groups excluding carboxylic acids is 2. The van der Waals surface area contributed by atoms with E-state index in [1.807, 2.05) is 18.4 Å². The molecule has 1 aromatic heterocycles. The van der Waals surface area contributed by atoms with E-state index in [-0.39, 0.29) is 24.4 Å². The number of amides is 2. The molecule has 4 nitrogen and oxygen atoms in total. The molecule has 0 spiro atoms. The zero-order valence-corrected chi connectivity index (χ0v) is 12.5. The normalized spacial score (nSPS) is 20.1. The summed E-state index contributed by atoms with van der Waals surface area (Å²) >= 11 is 4.99. The molecule has 0 aromatic carbocycles. The van der Waals surface area contributed by atoms with Gasteiger partial charge in [0.2, 0.25) is 11.8 Å². The number of halogens is 1. The summed E-state index contributed by atoms with van der Waals surface area (Å²) in [6.07, 6.45) is 1.60. The third kappa shape index (κ3) is 2.92.